The van der Waals surface area contributed by atoms with Gasteiger partial charge in [0.05, 0.1) is 9.82 Å². The molecular formula is C20H23N3O5S. The van der Waals surface area contributed by atoms with Crippen LogP contribution in [0.5, 0.6) is 0 Å². The van der Waals surface area contributed by atoms with Gasteiger partial charge >= 0.3 is 6.03 Å². The maximum atomic E-state index is 12.5. The summed E-state index contributed by atoms with van der Waals surface area (Å²) in [6, 6.07) is 3.45. The number of nitro groups is 1. The summed E-state index contributed by atoms with van der Waals surface area (Å²) >= 11 is 0. The fraction of sp³-hybridized carbons (Fsp3) is 0.350. The van der Waals surface area contributed by atoms with Crippen molar-refractivity contribution in [1.29, 1.82) is 0 Å². The number of nitrogens with one attached hydrogen (secondary N) is 2. The van der Waals surface area contributed by atoms with E-state index in [1.165, 1.54) is 5.57 Å². The number of non-ortho nitro benzene ring substituents is 1. The molecule has 0 radical (unpaired) electrons. The van der Waals surface area contributed by atoms with E-state index in [0.29, 0.717) is 5.70 Å². The Kier molecular flexibility index (Phi) is 6.17. The molecule has 0 aliphatic heterocycles. The van der Waals surface area contributed by atoms with Gasteiger partial charge in [-0.3, -0.25) is 10.1 Å². The highest BCUT2D eigenvalue weighted by molar-refractivity contribution is 7.90. The number of nitrogens with zero attached hydrogens (tertiary/aromatic N) is 1. The summed E-state index contributed by atoms with van der Waals surface area (Å²) in [6.07, 6.45) is 8.66. The van der Waals surface area contributed by atoms with E-state index in [0.717, 1.165) is 80.4 Å². The van der Waals surface area contributed by atoms with Crippen molar-refractivity contribution in [1.82, 2.24) is 10.0 Å². The standard InChI is InChI=1S/C20H23N3O5S/c1-14-6-3-2-4-7-15-8-5-9-18(15)19(14)21-20(24)22-29(27,28)17-12-10-16(11-13-17)23(25)26/h7,10-13H,1-6,8-9H2,(H2,21,22,24)/b15-7-,19-18?. The predicted molar refractivity (Wildman–Crippen MR) is 109 cm³/mol. The fourth-order valence-corrected chi connectivity index (χ4v) is 4.51. The molecule has 8 nitrogen and oxygen atoms in total. The molecule has 0 unspecified atom stereocenters. The molecule has 1 saturated carbocycles. The van der Waals surface area contributed by atoms with Crippen LogP contribution in [-0.2, 0) is 10.0 Å². The first-order valence-electron chi connectivity index (χ1n) is 9.47. The van der Waals surface area contributed by atoms with Crippen LogP contribution in [0.1, 0.15) is 44.9 Å². The van der Waals surface area contributed by atoms with Gasteiger partial charge in [-0.25, -0.2) is 17.9 Å². The van der Waals surface area contributed by atoms with Gasteiger partial charge in [0, 0.05) is 17.8 Å². The molecule has 2 aliphatic carbocycles. The van der Waals surface area contributed by atoms with Crippen molar-refractivity contribution in [2.75, 3.05) is 0 Å². The Labute approximate surface area is 169 Å². The number of nitro benzene ring substituents is 1. The van der Waals surface area contributed by atoms with Crippen molar-refractivity contribution in [3.05, 3.63) is 69.5 Å². The first kappa shape index (κ1) is 20.8. The van der Waals surface area contributed by atoms with E-state index in [1.54, 1.807) is 0 Å². The zero-order chi connectivity index (χ0) is 21.0. The Bertz CT molecular complexity index is 1010. The van der Waals surface area contributed by atoms with Gasteiger partial charge in [0.1, 0.15) is 0 Å². The molecule has 0 heterocycles. The molecule has 1 aromatic rings. The smallest absolute Gasteiger partial charge is 0.307 e. The molecule has 0 spiro atoms. The lowest BCUT2D eigenvalue weighted by Crippen LogP contribution is -2.39. The highest BCUT2D eigenvalue weighted by Crippen LogP contribution is 2.36. The van der Waals surface area contributed by atoms with Crippen LogP contribution < -0.4 is 10.0 Å². The number of fused-ring (bicyclic) bond motifs is 1. The average Bonchev–Trinajstić information content (AvgIpc) is 3.14. The van der Waals surface area contributed by atoms with E-state index in [2.05, 4.69) is 18.0 Å². The molecule has 0 bridgehead atoms. The third-order valence-corrected chi connectivity index (χ3v) is 6.41. The number of hydrogen-bond acceptors (Lipinski definition) is 5. The third-order valence-electron chi connectivity index (χ3n) is 5.06. The van der Waals surface area contributed by atoms with Crippen LogP contribution in [0.25, 0.3) is 0 Å². The molecule has 2 aliphatic rings. The van der Waals surface area contributed by atoms with Gasteiger partial charge < -0.3 is 5.32 Å². The number of rotatable bonds is 4. The summed E-state index contributed by atoms with van der Waals surface area (Å²) in [5.41, 5.74) is 3.38. The number of carbonyl (C=O) groups is 1. The van der Waals surface area contributed by atoms with Crippen LogP contribution >= 0.6 is 0 Å². The van der Waals surface area contributed by atoms with E-state index in [9.17, 15) is 23.3 Å². The fourth-order valence-electron chi connectivity index (χ4n) is 3.61. The highest BCUT2D eigenvalue weighted by Gasteiger charge is 2.24. The summed E-state index contributed by atoms with van der Waals surface area (Å²) in [7, 11) is -4.17. The van der Waals surface area contributed by atoms with Crippen LogP contribution in [0.4, 0.5) is 10.5 Å². The maximum Gasteiger partial charge on any atom is 0.333 e. The minimum atomic E-state index is -4.17. The Balaban J connectivity index is 1.80. The maximum absolute atomic E-state index is 12.5. The first-order chi connectivity index (χ1) is 13.8. The monoisotopic (exact) mass is 417 g/mol. The number of hydrogen-bond donors (Lipinski definition) is 2. The van der Waals surface area contributed by atoms with E-state index < -0.39 is 21.0 Å². The summed E-state index contributed by atoms with van der Waals surface area (Å²) in [6.45, 7) is 4.09. The predicted octanol–water partition coefficient (Wildman–Crippen LogP) is 4.08. The zero-order valence-electron chi connectivity index (χ0n) is 15.9. The van der Waals surface area contributed by atoms with Crippen LogP contribution in [0.15, 0.2) is 64.2 Å². The second-order valence-corrected chi connectivity index (χ2v) is 8.78. The van der Waals surface area contributed by atoms with Gasteiger partial charge in [-0.1, -0.05) is 12.7 Å². The number of urea groups is 1. The van der Waals surface area contributed by atoms with Crippen LogP contribution in [-0.4, -0.2) is 19.4 Å². The van der Waals surface area contributed by atoms with E-state index in [1.807, 2.05) is 4.72 Å². The average molecular weight is 417 g/mol. The lowest BCUT2D eigenvalue weighted by Gasteiger charge is -2.17. The van der Waals surface area contributed by atoms with Crippen molar-refractivity contribution in [3.63, 3.8) is 0 Å². The molecule has 9 heteroatoms. The number of allylic oxidation sites excluding steroid dienone is 4. The highest BCUT2D eigenvalue weighted by atomic mass is 32.2. The third kappa shape index (κ3) is 4.92. The second kappa shape index (κ2) is 8.60. The van der Waals surface area contributed by atoms with Gasteiger partial charge in [0.15, 0.2) is 0 Å². The summed E-state index contributed by atoms with van der Waals surface area (Å²) < 4.78 is 26.9. The summed E-state index contributed by atoms with van der Waals surface area (Å²) in [4.78, 5) is 22.4. The Hall–Kier alpha value is -2.94. The summed E-state index contributed by atoms with van der Waals surface area (Å²) in [5, 5.41) is 13.4. The molecule has 0 aromatic heterocycles. The zero-order valence-corrected chi connectivity index (χ0v) is 16.8. The van der Waals surface area contributed by atoms with Crippen molar-refractivity contribution in [3.8, 4) is 0 Å². The first-order valence-corrected chi connectivity index (χ1v) is 11.0. The number of sulfonamides is 1. The molecule has 2 amide bonds. The van der Waals surface area contributed by atoms with Gasteiger partial charge in [-0.2, -0.15) is 0 Å². The number of benzene rings is 1. The topological polar surface area (TPSA) is 118 Å². The van der Waals surface area contributed by atoms with Gasteiger partial charge in [0.25, 0.3) is 15.7 Å². The quantitative estimate of drug-likeness (QED) is 0.565. The molecule has 0 saturated heterocycles. The number of carbonyl (C=O) groups excluding carboxylic acids is 1. The molecule has 29 heavy (non-hydrogen) atoms. The van der Waals surface area contributed by atoms with Gasteiger partial charge in [-0.15, -0.1) is 0 Å². The minimum Gasteiger partial charge on any atom is -0.307 e. The van der Waals surface area contributed by atoms with Crippen molar-refractivity contribution in [2.24, 2.45) is 0 Å². The van der Waals surface area contributed by atoms with Crippen LogP contribution in [0.3, 0.4) is 0 Å². The van der Waals surface area contributed by atoms with Crippen LogP contribution in [0, 0.1) is 10.1 Å². The molecule has 0 atom stereocenters. The molecule has 154 valence electrons. The van der Waals surface area contributed by atoms with Gasteiger partial charge in [0.2, 0.25) is 0 Å². The van der Waals surface area contributed by atoms with Crippen molar-refractivity contribution in [2.45, 2.75) is 49.8 Å². The SMILES string of the molecule is C=C1CCCC/C=C2/CCCC2=C1NC(=O)NS(=O)(=O)c1ccc([N+](=O)[O-])cc1. The molecular weight excluding hydrogens is 394 g/mol. The normalized spacial score (nSPS) is 19.3. The molecule has 2 N–H and O–H groups in total. The van der Waals surface area contributed by atoms with Gasteiger partial charge in [-0.05, 0) is 73.8 Å². The molecule has 1 fully saturated rings. The minimum absolute atomic E-state index is 0.231. The summed E-state index contributed by atoms with van der Waals surface area (Å²) in [5.74, 6) is 0. The largest absolute Gasteiger partial charge is 0.333 e. The lowest BCUT2D eigenvalue weighted by molar-refractivity contribution is -0.384. The van der Waals surface area contributed by atoms with E-state index in [4.69, 9.17) is 0 Å². The Morgan fingerprint density at radius 2 is 1.79 bits per heavy atom. The van der Waals surface area contributed by atoms with Crippen LogP contribution in [0.2, 0.25) is 0 Å². The second-order valence-electron chi connectivity index (χ2n) is 7.10. The van der Waals surface area contributed by atoms with Crippen molar-refractivity contribution >= 4 is 21.7 Å². The molecule has 1 aromatic carbocycles. The molecule has 3 rings (SSSR count). The lowest BCUT2D eigenvalue weighted by atomic mass is 10.0. The van der Waals surface area contributed by atoms with Crippen molar-refractivity contribution < 1.29 is 18.1 Å². The van der Waals surface area contributed by atoms with E-state index >= 15 is 0 Å². The number of amides is 2. The Morgan fingerprint density at radius 3 is 2.48 bits per heavy atom. The van der Waals surface area contributed by atoms with E-state index in [-0.39, 0.29) is 10.6 Å². The Morgan fingerprint density at radius 1 is 1.07 bits per heavy atom.